The predicted octanol–water partition coefficient (Wildman–Crippen LogP) is 4.64. The highest BCUT2D eigenvalue weighted by atomic mass is 35.5. The van der Waals surface area contributed by atoms with Gasteiger partial charge in [-0.05, 0) is 37.2 Å². The van der Waals surface area contributed by atoms with Gasteiger partial charge in [0.15, 0.2) is 0 Å². The van der Waals surface area contributed by atoms with Gasteiger partial charge in [-0.15, -0.1) is 0 Å². The van der Waals surface area contributed by atoms with Crippen LogP contribution in [0, 0.1) is 0 Å². The first-order valence-electron chi connectivity index (χ1n) is 9.93. The fraction of sp³-hybridized carbons (Fsp3) is 0.304. The molecule has 0 saturated heterocycles. The number of amides is 2. The van der Waals surface area contributed by atoms with Crippen LogP contribution in [0.3, 0.4) is 0 Å². The molecule has 1 atom stereocenters. The van der Waals surface area contributed by atoms with Gasteiger partial charge in [0.2, 0.25) is 0 Å². The normalized spacial score (nSPS) is 16.5. The monoisotopic (exact) mass is 461 g/mol. The summed E-state index contributed by atoms with van der Waals surface area (Å²) in [5.41, 5.74) is 2.74. The second-order valence-electron chi connectivity index (χ2n) is 7.35. The molecule has 0 aliphatic carbocycles. The molecule has 1 heterocycles. The van der Waals surface area contributed by atoms with E-state index in [4.69, 9.17) is 27.9 Å². The summed E-state index contributed by atoms with van der Waals surface area (Å²) in [5, 5.41) is 3.62. The zero-order chi connectivity index (χ0) is 22.5. The number of nitrogens with zero attached hydrogens (tertiary/aromatic N) is 2. The Kier molecular flexibility index (Phi) is 7.59. The number of hydrogen-bond donors (Lipinski definition) is 1. The van der Waals surface area contributed by atoms with Crippen molar-refractivity contribution >= 4 is 35.2 Å². The molecule has 3 rings (SSSR count). The van der Waals surface area contributed by atoms with Crippen molar-refractivity contribution < 1.29 is 14.3 Å². The highest BCUT2D eigenvalue weighted by Crippen LogP contribution is 2.34. The number of halogens is 2. The predicted molar refractivity (Wildman–Crippen MR) is 122 cm³/mol. The average Bonchev–Trinajstić information content (AvgIpc) is 2.74. The molecule has 1 aliphatic rings. The van der Waals surface area contributed by atoms with Crippen molar-refractivity contribution in [2.24, 2.45) is 0 Å². The van der Waals surface area contributed by atoms with Crippen molar-refractivity contribution in [3.05, 3.63) is 81.0 Å². The van der Waals surface area contributed by atoms with Crippen LogP contribution in [0.4, 0.5) is 4.79 Å². The third-order valence-corrected chi connectivity index (χ3v) is 5.80. The lowest BCUT2D eigenvalue weighted by atomic mass is 9.94. The first-order valence-corrected chi connectivity index (χ1v) is 10.7. The number of ether oxygens (including phenoxy) is 1. The fourth-order valence-electron chi connectivity index (χ4n) is 3.55. The smallest absolute Gasteiger partial charge is 0.338 e. The molecule has 0 spiro atoms. The highest BCUT2D eigenvalue weighted by Gasteiger charge is 2.37. The van der Waals surface area contributed by atoms with Crippen molar-refractivity contribution in [2.75, 3.05) is 27.2 Å². The summed E-state index contributed by atoms with van der Waals surface area (Å²) in [6.07, 6.45) is 0. The third kappa shape index (κ3) is 5.39. The van der Waals surface area contributed by atoms with Crippen LogP contribution >= 0.6 is 23.2 Å². The molecule has 2 amide bonds. The zero-order valence-corrected chi connectivity index (χ0v) is 19.2. The molecule has 0 aromatic heterocycles. The van der Waals surface area contributed by atoms with E-state index in [0.29, 0.717) is 40.0 Å². The lowest BCUT2D eigenvalue weighted by Gasteiger charge is -2.36. The van der Waals surface area contributed by atoms with Gasteiger partial charge in [-0.1, -0.05) is 59.6 Å². The van der Waals surface area contributed by atoms with Crippen molar-refractivity contribution in [3.63, 3.8) is 0 Å². The van der Waals surface area contributed by atoms with Crippen LogP contribution in [0.1, 0.15) is 24.1 Å². The summed E-state index contributed by atoms with van der Waals surface area (Å²) < 4.78 is 5.35. The highest BCUT2D eigenvalue weighted by molar-refractivity contribution is 6.42. The lowest BCUT2D eigenvalue weighted by Crippen LogP contribution is -2.49. The fourth-order valence-corrected chi connectivity index (χ4v) is 3.85. The van der Waals surface area contributed by atoms with E-state index in [1.54, 1.807) is 32.2 Å². The van der Waals surface area contributed by atoms with E-state index in [-0.39, 0.29) is 12.6 Å². The van der Waals surface area contributed by atoms with Gasteiger partial charge in [0.25, 0.3) is 0 Å². The first kappa shape index (κ1) is 23.1. The molecule has 0 radical (unpaired) electrons. The third-order valence-electron chi connectivity index (χ3n) is 5.06. The molecule has 31 heavy (non-hydrogen) atoms. The second-order valence-corrected chi connectivity index (χ2v) is 8.17. The van der Waals surface area contributed by atoms with Gasteiger partial charge >= 0.3 is 12.0 Å². The molecule has 1 unspecified atom stereocenters. The molecule has 1 N–H and O–H groups in total. The standard InChI is InChI=1S/C23H25Cl2N3O3/c1-4-31-22(29)20-19(14-27(2)13-15-8-6-5-7-9-15)28(3)23(30)26-21(20)16-10-11-17(24)18(25)12-16/h5-12,21H,4,13-14H2,1-3H3,(H,26,30). The van der Waals surface area contributed by atoms with E-state index < -0.39 is 12.0 Å². The van der Waals surface area contributed by atoms with Crippen molar-refractivity contribution in [2.45, 2.75) is 19.5 Å². The summed E-state index contributed by atoms with van der Waals surface area (Å²) in [6.45, 7) is 3.01. The molecule has 164 valence electrons. The van der Waals surface area contributed by atoms with Crippen LogP contribution in [-0.2, 0) is 16.1 Å². The number of likely N-dealkylation sites (N-methyl/N-ethyl adjacent to an activating group) is 2. The number of nitrogens with one attached hydrogen (secondary N) is 1. The van der Waals surface area contributed by atoms with Crippen LogP contribution in [0.15, 0.2) is 59.8 Å². The van der Waals surface area contributed by atoms with Crippen molar-refractivity contribution in [3.8, 4) is 0 Å². The Bertz CT molecular complexity index is 995. The minimum atomic E-state index is -0.697. The van der Waals surface area contributed by atoms with E-state index in [9.17, 15) is 9.59 Å². The maximum atomic E-state index is 13.0. The number of rotatable bonds is 7. The van der Waals surface area contributed by atoms with Gasteiger partial charge in [-0.3, -0.25) is 9.80 Å². The number of carbonyl (C=O) groups excluding carboxylic acids is 2. The number of carbonyl (C=O) groups is 2. The van der Waals surface area contributed by atoms with Gasteiger partial charge in [0.1, 0.15) is 0 Å². The Morgan fingerprint density at radius 3 is 2.48 bits per heavy atom. The average molecular weight is 462 g/mol. The van der Waals surface area contributed by atoms with Gasteiger partial charge in [-0.25, -0.2) is 9.59 Å². The zero-order valence-electron chi connectivity index (χ0n) is 17.7. The number of esters is 1. The Morgan fingerprint density at radius 2 is 1.84 bits per heavy atom. The minimum absolute atomic E-state index is 0.223. The Labute approximate surface area is 192 Å². The van der Waals surface area contributed by atoms with E-state index in [1.807, 2.05) is 42.3 Å². The number of hydrogen-bond acceptors (Lipinski definition) is 4. The van der Waals surface area contributed by atoms with Crippen LogP contribution in [0.2, 0.25) is 10.0 Å². The van der Waals surface area contributed by atoms with Crippen LogP contribution < -0.4 is 5.32 Å². The van der Waals surface area contributed by atoms with Crippen LogP contribution in [0.5, 0.6) is 0 Å². The Hall–Kier alpha value is -2.54. The maximum Gasteiger partial charge on any atom is 0.338 e. The van der Waals surface area contributed by atoms with E-state index in [1.165, 1.54) is 4.90 Å². The van der Waals surface area contributed by atoms with Gasteiger partial charge in [0.05, 0.1) is 28.3 Å². The van der Waals surface area contributed by atoms with Gasteiger partial charge in [0, 0.05) is 25.8 Å². The summed E-state index contributed by atoms with van der Waals surface area (Å²) in [7, 11) is 3.59. The largest absolute Gasteiger partial charge is 0.463 e. The quantitative estimate of drug-likeness (QED) is 0.610. The maximum absolute atomic E-state index is 13.0. The van der Waals surface area contributed by atoms with Gasteiger partial charge < -0.3 is 10.1 Å². The first-order chi connectivity index (χ1) is 14.8. The molecular formula is C23H25Cl2N3O3. The molecule has 0 fully saturated rings. The molecule has 0 bridgehead atoms. The van der Waals surface area contributed by atoms with Crippen LogP contribution in [-0.4, -0.2) is 49.0 Å². The van der Waals surface area contributed by atoms with E-state index in [2.05, 4.69) is 5.32 Å². The SMILES string of the molecule is CCOC(=O)C1=C(CN(C)Cc2ccccc2)N(C)C(=O)NC1c1ccc(Cl)c(Cl)c1. The molecule has 2 aromatic carbocycles. The summed E-state index contributed by atoms with van der Waals surface area (Å²) in [5.74, 6) is -0.478. The summed E-state index contributed by atoms with van der Waals surface area (Å²) in [4.78, 5) is 29.3. The molecule has 0 saturated carbocycles. The van der Waals surface area contributed by atoms with E-state index >= 15 is 0 Å². The Balaban J connectivity index is 2.02. The second kappa shape index (κ2) is 10.2. The van der Waals surface area contributed by atoms with Crippen LogP contribution in [0.25, 0.3) is 0 Å². The van der Waals surface area contributed by atoms with Gasteiger partial charge in [-0.2, -0.15) is 0 Å². The summed E-state index contributed by atoms with van der Waals surface area (Å²) in [6, 6.07) is 14.0. The number of urea groups is 1. The summed E-state index contributed by atoms with van der Waals surface area (Å²) >= 11 is 12.3. The van der Waals surface area contributed by atoms with Crippen molar-refractivity contribution in [1.82, 2.24) is 15.1 Å². The van der Waals surface area contributed by atoms with Crippen molar-refractivity contribution in [1.29, 1.82) is 0 Å². The Morgan fingerprint density at radius 1 is 1.13 bits per heavy atom. The topological polar surface area (TPSA) is 61.9 Å². The molecule has 2 aromatic rings. The number of benzene rings is 2. The molecule has 6 nitrogen and oxygen atoms in total. The molecular weight excluding hydrogens is 437 g/mol. The molecule has 1 aliphatic heterocycles. The minimum Gasteiger partial charge on any atom is -0.463 e. The lowest BCUT2D eigenvalue weighted by molar-refractivity contribution is -0.139. The molecule has 8 heteroatoms. The van der Waals surface area contributed by atoms with E-state index in [0.717, 1.165) is 5.56 Å².